The lowest BCUT2D eigenvalue weighted by Crippen LogP contribution is -2.49. The fraction of sp³-hybridized carbons (Fsp3) is 0.875. The maximum absolute atomic E-state index is 12.3. The number of amides is 1. The summed E-state index contributed by atoms with van der Waals surface area (Å²) in [6, 6.07) is 0. The molecule has 5 nitrogen and oxygen atoms in total. The van der Waals surface area contributed by atoms with E-state index in [-0.39, 0.29) is 13.2 Å². The van der Waals surface area contributed by atoms with Crippen LogP contribution in [0, 0.1) is 0 Å². The SMILES string of the molecule is CCOP(=O)(OCC)C(NC(=O)C(F)(F)F)C(Cl)(Cl)Cl. The van der Waals surface area contributed by atoms with Crippen molar-refractivity contribution < 1.29 is 31.6 Å². The maximum atomic E-state index is 12.3. The summed E-state index contributed by atoms with van der Waals surface area (Å²) in [5, 5.41) is 1.33. The molecule has 120 valence electrons. The second kappa shape index (κ2) is 7.51. The number of carbonyl (C=O) groups excluding carboxylic acids is 1. The Hall–Kier alpha value is 0.280. The zero-order valence-electron chi connectivity index (χ0n) is 10.3. The van der Waals surface area contributed by atoms with Crippen molar-refractivity contribution in [3.05, 3.63) is 0 Å². The van der Waals surface area contributed by atoms with Gasteiger partial charge < -0.3 is 14.4 Å². The monoisotopic (exact) mass is 379 g/mol. The number of alkyl halides is 6. The van der Waals surface area contributed by atoms with Gasteiger partial charge in [0.25, 0.3) is 0 Å². The molecule has 0 heterocycles. The first-order chi connectivity index (χ1) is 8.88. The Kier molecular flexibility index (Phi) is 7.62. The van der Waals surface area contributed by atoms with Crippen LogP contribution in [0.15, 0.2) is 0 Å². The molecule has 0 fully saturated rings. The maximum Gasteiger partial charge on any atom is 0.471 e. The molecule has 0 aliphatic heterocycles. The van der Waals surface area contributed by atoms with E-state index in [9.17, 15) is 22.5 Å². The highest BCUT2D eigenvalue weighted by atomic mass is 35.6. The van der Waals surface area contributed by atoms with E-state index in [1.807, 2.05) is 0 Å². The second-order valence-corrected chi connectivity index (χ2v) is 7.77. The third kappa shape index (κ3) is 5.95. The highest BCUT2D eigenvalue weighted by molar-refractivity contribution is 7.55. The summed E-state index contributed by atoms with van der Waals surface area (Å²) in [6.45, 7) is 2.45. The zero-order chi connectivity index (χ0) is 16.2. The Labute approximate surface area is 128 Å². The largest absolute Gasteiger partial charge is 0.471 e. The average Bonchev–Trinajstić information content (AvgIpc) is 2.22. The molecule has 1 atom stereocenters. The van der Waals surface area contributed by atoms with Gasteiger partial charge in [0.2, 0.25) is 3.79 Å². The van der Waals surface area contributed by atoms with Crippen LogP contribution in [0.1, 0.15) is 13.8 Å². The number of nitrogens with one attached hydrogen (secondary N) is 1. The predicted molar refractivity (Wildman–Crippen MR) is 69.1 cm³/mol. The molecule has 0 aliphatic carbocycles. The van der Waals surface area contributed by atoms with Gasteiger partial charge in [0.1, 0.15) is 0 Å². The average molecular weight is 381 g/mol. The first-order valence-electron chi connectivity index (χ1n) is 5.21. The molecular formula is C8H12Cl3F3NO4P. The van der Waals surface area contributed by atoms with Crippen molar-refractivity contribution in [1.29, 1.82) is 0 Å². The first kappa shape index (κ1) is 20.3. The molecule has 0 saturated heterocycles. The van der Waals surface area contributed by atoms with Gasteiger partial charge in [-0.3, -0.25) is 9.36 Å². The fourth-order valence-electron chi connectivity index (χ4n) is 1.09. The van der Waals surface area contributed by atoms with E-state index in [0.29, 0.717) is 0 Å². The molecule has 0 radical (unpaired) electrons. The van der Waals surface area contributed by atoms with Gasteiger partial charge in [-0.25, -0.2) is 0 Å². The molecular weight excluding hydrogens is 368 g/mol. The van der Waals surface area contributed by atoms with E-state index < -0.39 is 29.3 Å². The number of halogens is 6. The van der Waals surface area contributed by atoms with Crippen LogP contribution in [-0.4, -0.2) is 34.9 Å². The van der Waals surface area contributed by atoms with Crippen molar-refractivity contribution in [2.75, 3.05) is 13.2 Å². The van der Waals surface area contributed by atoms with E-state index in [1.54, 1.807) is 0 Å². The van der Waals surface area contributed by atoms with Crippen LogP contribution in [-0.2, 0) is 18.4 Å². The third-order valence-electron chi connectivity index (χ3n) is 1.77. The summed E-state index contributed by atoms with van der Waals surface area (Å²) < 4.78 is 56.1. The topological polar surface area (TPSA) is 64.6 Å². The molecule has 0 bridgehead atoms. The van der Waals surface area contributed by atoms with Gasteiger partial charge >= 0.3 is 19.7 Å². The van der Waals surface area contributed by atoms with Gasteiger partial charge in [0.15, 0.2) is 5.78 Å². The third-order valence-corrected chi connectivity index (χ3v) is 5.27. The standard InChI is InChI=1S/C8H12Cl3F3NO4P/c1-3-18-20(17,19-4-2)6(7(9,10)11)15-5(16)8(12,13)14/h6H,3-4H2,1-2H3,(H,15,16). The van der Waals surface area contributed by atoms with Crippen molar-refractivity contribution in [3.63, 3.8) is 0 Å². The molecule has 1 unspecified atom stereocenters. The molecule has 20 heavy (non-hydrogen) atoms. The van der Waals surface area contributed by atoms with Crippen molar-refractivity contribution in [2.45, 2.75) is 29.6 Å². The summed E-state index contributed by atoms with van der Waals surface area (Å²) in [6.07, 6.45) is -5.24. The molecule has 12 heteroatoms. The Morgan fingerprint density at radius 1 is 1.20 bits per heavy atom. The molecule has 0 aromatic rings. The summed E-state index contributed by atoms with van der Waals surface area (Å²) in [4.78, 5) is 10.9. The van der Waals surface area contributed by atoms with Crippen molar-refractivity contribution in [3.8, 4) is 0 Å². The number of hydrogen-bond acceptors (Lipinski definition) is 4. The highest BCUT2D eigenvalue weighted by Crippen LogP contribution is 2.59. The minimum absolute atomic E-state index is 0.184. The normalized spacial score (nSPS) is 15.0. The van der Waals surface area contributed by atoms with Crippen molar-refractivity contribution >= 4 is 48.3 Å². The Morgan fingerprint density at radius 3 is 1.85 bits per heavy atom. The van der Waals surface area contributed by atoms with Gasteiger partial charge in [-0.05, 0) is 13.8 Å². The van der Waals surface area contributed by atoms with Gasteiger partial charge in [-0.1, -0.05) is 34.8 Å². The molecule has 0 aromatic heterocycles. The predicted octanol–water partition coefficient (Wildman–Crippen LogP) is 3.63. The van der Waals surface area contributed by atoms with Gasteiger partial charge in [-0.15, -0.1) is 0 Å². The van der Waals surface area contributed by atoms with Crippen LogP contribution in [0.4, 0.5) is 13.2 Å². The van der Waals surface area contributed by atoms with Crippen LogP contribution < -0.4 is 5.32 Å². The van der Waals surface area contributed by atoms with Crippen molar-refractivity contribution in [1.82, 2.24) is 5.32 Å². The Balaban J connectivity index is 5.45. The molecule has 0 saturated carbocycles. The van der Waals surface area contributed by atoms with Crippen LogP contribution in [0.3, 0.4) is 0 Å². The lowest BCUT2D eigenvalue weighted by molar-refractivity contribution is -0.173. The summed E-state index contributed by atoms with van der Waals surface area (Å²) in [7, 11) is -4.30. The Bertz CT molecular complexity index is 378. The molecule has 0 aromatic carbocycles. The lowest BCUT2D eigenvalue weighted by atomic mass is 10.5. The second-order valence-electron chi connectivity index (χ2n) is 3.29. The lowest BCUT2D eigenvalue weighted by Gasteiger charge is -2.31. The van der Waals surface area contributed by atoms with E-state index in [4.69, 9.17) is 43.9 Å². The minimum atomic E-state index is -5.24. The van der Waals surface area contributed by atoms with Crippen LogP contribution in [0.2, 0.25) is 0 Å². The first-order valence-corrected chi connectivity index (χ1v) is 7.96. The van der Waals surface area contributed by atoms with Gasteiger partial charge in [0, 0.05) is 0 Å². The molecule has 0 spiro atoms. The number of rotatable bonds is 6. The van der Waals surface area contributed by atoms with E-state index in [1.165, 1.54) is 19.2 Å². The van der Waals surface area contributed by atoms with Gasteiger partial charge in [-0.2, -0.15) is 13.2 Å². The van der Waals surface area contributed by atoms with E-state index >= 15 is 0 Å². The molecule has 1 N–H and O–H groups in total. The summed E-state index contributed by atoms with van der Waals surface area (Å²) in [5.74, 6) is -4.53. The van der Waals surface area contributed by atoms with Crippen LogP contribution >= 0.6 is 42.4 Å². The minimum Gasteiger partial charge on any atom is -0.331 e. The van der Waals surface area contributed by atoms with E-state index in [2.05, 4.69) is 0 Å². The van der Waals surface area contributed by atoms with E-state index in [0.717, 1.165) is 0 Å². The quantitative estimate of drug-likeness (QED) is 0.565. The molecule has 0 aliphatic rings. The summed E-state index contributed by atoms with van der Waals surface area (Å²) in [5.41, 5.74) is 0. The highest BCUT2D eigenvalue weighted by Gasteiger charge is 2.53. The summed E-state index contributed by atoms with van der Waals surface area (Å²) >= 11 is 16.4. The van der Waals surface area contributed by atoms with Crippen LogP contribution in [0.5, 0.6) is 0 Å². The molecule has 0 rings (SSSR count). The molecule has 1 amide bonds. The number of hydrogen-bond donors (Lipinski definition) is 1. The number of carbonyl (C=O) groups is 1. The smallest absolute Gasteiger partial charge is 0.331 e. The van der Waals surface area contributed by atoms with Gasteiger partial charge in [0.05, 0.1) is 13.2 Å². The van der Waals surface area contributed by atoms with Crippen molar-refractivity contribution in [2.24, 2.45) is 0 Å². The Morgan fingerprint density at radius 2 is 1.60 bits per heavy atom. The van der Waals surface area contributed by atoms with Crippen LogP contribution in [0.25, 0.3) is 0 Å². The zero-order valence-corrected chi connectivity index (χ0v) is 13.5. The fourth-order valence-corrected chi connectivity index (χ4v) is 4.06.